The highest BCUT2D eigenvalue weighted by atomic mass is 16.4. The maximum atomic E-state index is 12.0. The van der Waals surface area contributed by atoms with Gasteiger partial charge in [-0.05, 0) is 19.9 Å². The zero-order chi connectivity index (χ0) is 15.1. The molecular weight excluding hydrogens is 260 g/mol. The van der Waals surface area contributed by atoms with Crippen molar-refractivity contribution in [3.05, 3.63) is 18.0 Å². The van der Waals surface area contributed by atoms with Crippen molar-refractivity contribution < 1.29 is 14.7 Å². The van der Waals surface area contributed by atoms with Gasteiger partial charge >= 0.3 is 12.0 Å². The monoisotopic (exact) mass is 282 g/mol. The number of hydrogen-bond donors (Lipinski definition) is 2. The lowest BCUT2D eigenvalue weighted by atomic mass is 10.2. The number of aromatic nitrogens is 2. The van der Waals surface area contributed by atoms with Gasteiger partial charge in [0.15, 0.2) is 0 Å². The molecule has 7 heteroatoms. The number of urea groups is 1. The van der Waals surface area contributed by atoms with Gasteiger partial charge in [0.25, 0.3) is 0 Å². The van der Waals surface area contributed by atoms with Crippen LogP contribution in [0.2, 0.25) is 0 Å². The molecule has 7 nitrogen and oxygen atoms in total. The summed E-state index contributed by atoms with van der Waals surface area (Å²) in [6, 6.07) is 1.34. The van der Waals surface area contributed by atoms with Crippen LogP contribution in [0, 0.1) is 0 Å². The molecule has 0 saturated heterocycles. The number of carboxylic acids is 1. The van der Waals surface area contributed by atoms with Gasteiger partial charge in [-0.2, -0.15) is 5.10 Å². The number of nitrogens with zero attached hydrogens (tertiary/aromatic N) is 3. The van der Waals surface area contributed by atoms with Crippen LogP contribution in [0.4, 0.5) is 4.79 Å². The maximum Gasteiger partial charge on any atom is 0.317 e. The summed E-state index contributed by atoms with van der Waals surface area (Å²) in [7, 11) is 1.85. The van der Waals surface area contributed by atoms with E-state index < -0.39 is 5.97 Å². The smallest absolute Gasteiger partial charge is 0.317 e. The van der Waals surface area contributed by atoms with Gasteiger partial charge < -0.3 is 15.3 Å². The van der Waals surface area contributed by atoms with E-state index in [2.05, 4.69) is 10.4 Å². The van der Waals surface area contributed by atoms with Crippen molar-refractivity contribution in [1.29, 1.82) is 0 Å². The Kier molecular flexibility index (Phi) is 6.02. The SMILES string of the molecule is CCN(C(=O)NCCc1ccnn1C)C(C)CC(=O)O. The summed E-state index contributed by atoms with van der Waals surface area (Å²) < 4.78 is 1.76. The third-order valence-electron chi connectivity index (χ3n) is 3.18. The lowest BCUT2D eigenvalue weighted by Crippen LogP contribution is -2.46. The van der Waals surface area contributed by atoms with Crippen molar-refractivity contribution in [3.63, 3.8) is 0 Å². The fourth-order valence-corrected chi connectivity index (χ4v) is 2.06. The average molecular weight is 282 g/mol. The zero-order valence-electron chi connectivity index (χ0n) is 12.2. The minimum Gasteiger partial charge on any atom is -0.481 e. The fraction of sp³-hybridized carbons (Fsp3) is 0.615. The molecule has 20 heavy (non-hydrogen) atoms. The third-order valence-corrected chi connectivity index (χ3v) is 3.18. The average Bonchev–Trinajstić information content (AvgIpc) is 2.75. The van der Waals surface area contributed by atoms with Gasteiger partial charge in [0.2, 0.25) is 0 Å². The Morgan fingerprint density at radius 2 is 2.25 bits per heavy atom. The summed E-state index contributed by atoms with van der Waals surface area (Å²) in [5.74, 6) is -0.904. The molecule has 2 N–H and O–H groups in total. The van der Waals surface area contributed by atoms with Crippen LogP contribution in [0.5, 0.6) is 0 Å². The van der Waals surface area contributed by atoms with E-state index >= 15 is 0 Å². The van der Waals surface area contributed by atoms with E-state index in [1.165, 1.54) is 4.90 Å². The lowest BCUT2D eigenvalue weighted by molar-refractivity contribution is -0.138. The summed E-state index contributed by atoms with van der Waals surface area (Å²) in [6.45, 7) is 4.54. The molecule has 112 valence electrons. The van der Waals surface area contributed by atoms with E-state index in [0.717, 1.165) is 5.69 Å². The number of amides is 2. The highest BCUT2D eigenvalue weighted by molar-refractivity contribution is 5.75. The van der Waals surface area contributed by atoms with Crippen molar-refractivity contribution in [2.45, 2.75) is 32.7 Å². The number of carbonyl (C=O) groups is 2. The van der Waals surface area contributed by atoms with Crippen LogP contribution in [0.3, 0.4) is 0 Å². The quantitative estimate of drug-likeness (QED) is 0.776. The Labute approximate surface area is 118 Å². The second-order valence-electron chi connectivity index (χ2n) is 4.66. The van der Waals surface area contributed by atoms with Crippen LogP contribution in [0.15, 0.2) is 12.3 Å². The highest BCUT2D eigenvalue weighted by Crippen LogP contribution is 2.04. The van der Waals surface area contributed by atoms with Crippen LogP contribution in [-0.2, 0) is 18.3 Å². The van der Waals surface area contributed by atoms with E-state index in [-0.39, 0.29) is 18.5 Å². The molecule has 1 rings (SSSR count). The summed E-state index contributed by atoms with van der Waals surface area (Å²) in [6.07, 6.45) is 2.35. The standard InChI is InChI=1S/C13H22N4O3/c1-4-17(10(2)9-12(18)19)13(20)14-7-5-11-6-8-15-16(11)3/h6,8,10H,4-5,7,9H2,1-3H3,(H,14,20)(H,18,19). The first-order valence-electron chi connectivity index (χ1n) is 6.68. The van der Waals surface area contributed by atoms with Gasteiger partial charge in [-0.15, -0.1) is 0 Å². The molecule has 1 unspecified atom stereocenters. The predicted octanol–water partition coefficient (Wildman–Crippen LogP) is 0.857. The number of hydrogen-bond acceptors (Lipinski definition) is 3. The molecule has 1 aromatic heterocycles. The van der Waals surface area contributed by atoms with Gasteiger partial charge in [-0.3, -0.25) is 9.48 Å². The summed E-state index contributed by atoms with van der Waals surface area (Å²) in [4.78, 5) is 24.2. The second kappa shape index (κ2) is 7.52. The minimum atomic E-state index is -0.904. The van der Waals surface area contributed by atoms with Gasteiger partial charge in [-0.25, -0.2) is 4.79 Å². The van der Waals surface area contributed by atoms with Crippen molar-refractivity contribution >= 4 is 12.0 Å². The molecule has 0 saturated carbocycles. The van der Waals surface area contributed by atoms with E-state index in [1.807, 2.05) is 20.0 Å². The first kappa shape index (κ1) is 16.0. The van der Waals surface area contributed by atoms with Crippen LogP contribution < -0.4 is 5.32 Å². The van der Waals surface area contributed by atoms with Crippen LogP contribution >= 0.6 is 0 Å². The maximum absolute atomic E-state index is 12.0. The van der Waals surface area contributed by atoms with E-state index in [9.17, 15) is 9.59 Å². The molecule has 0 spiro atoms. The predicted molar refractivity (Wildman–Crippen MR) is 74.4 cm³/mol. The minimum absolute atomic E-state index is 0.0526. The number of carbonyl (C=O) groups excluding carboxylic acids is 1. The number of aliphatic carboxylic acids is 1. The number of nitrogens with one attached hydrogen (secondary N) is 1. The molecule has 0 aliphatic heterocycles. The van der Waals surface area contributed by atoms with Crippen molar-refractivity contribution in [3.8, 4) is 0 Å². The molecular formula is C13H22N4O3. The Hall–Kier alpha value is -2.05. The molecule has 0 aliphatic rings. The van der Waals surface area contributed by atoms with Crippen molar-refractivity contribution in [1.82, 2.24) is 20.0 Å². The molecule has 1 aromatic rings. The normalized spacial score (nSPS) is 11.9. The van der Waals surface area contributed by atoms with Gasteiger partial charge in [-0.1, -0.05) is 0 Å². The number of aryl methyl sites for hydroxylation is 1. The molecule has 1 heterocycles. The Balaban J connectivity index is 2.43. The Morgan fingerprint density at radius 1 is 1.55 bits per heavy atom. The van der Waals surface area contributed by atoms with Crippen LogP contribution in [0.1, 0.15) is 26.0 Å². The van der Waals surface area contributed by atoms with Crippen molar-refractivity contribution in [2.75, 3.05) is 13.1 Å². The molecule has 2 amide bonds. The molecule has 0 bridgehead atoms. The zero-order valence-corrected chi connectivity index (χ0v) is 12.2. The summed E-state index contributed by atoms with van der Waals surface area (Å²) in [5, 5.41) is 15.6. The first-order valence-corrected chi connectivity index (χ1v) is 6.68. The first-order chi connectivity index (χ1) is 9.45. The van der Waals surface area contributed by atoms with E-state index in [4.69, 9.17) is 5.11 Å². The molecule has 0 fully saturated rings. The van der Waals surface area contributed by atoms with Gasteiger partial charge in [0.05, 0.1) is 6.42 Å². The lowest BCUT2D eigenvalue weighted by Gasteiger charge is -2.27. The number of rotatable bonds is 7. The van der Waals surface area contributed by atoms with Gasteiger partial charge in [0, 0.05) is 44.5 Å². The third kappa shape index (κ3) is 4.56. The molecule has 0 radical (unpaired) electrons. The molecule has 1 atom stereocenters. The van der Waals surface area contributed by atoms with Gasteiger partial charge in [0.1, 0.15) is 0 Å². The highest BCUT2D eigenvalue weighted by Gasteiger charge is 2.20. The van der Waals surface area contributed by atoms with E-state index in [0.29, 0.717) is 19.5 Å². The molecule has 0 aliphatic carbocycles. The van der Waals surface area contributed by atoms with Crippen molar-refractivity contribution in [2.24, 2.45) is 7.05 Å². The number of carboxylic acid groups (broad SMARTS) is 1. The molecule has 0 aromatic carbocycles. The topological polar surface area (TPSA) is 87.5 Å². The summed E-state index contributed by atoms with van der Waals surface area (Å²) in [5.41, 5.74) is 1.03. The van der Waals surface area contributed by atoms with Crippen LogP contribution in [-0.4, -0.2) is 50.9 Å². The fourth-order valence-electron chi connectivity index (χ4n) is 2.06. The summed E-state index contributed by atoms with van der Waals surface area (Å²) >= 11 is 0. The second-order valence-corrected chi connectivity index (χ2v) is 4.66. The Bertz CT molecular complexity index is 458. The van der Waals surface area contributed by atoms with Crippen LogP contribution in [0.25, 0.3) is 0 Å². The Morgan fingerprint density at radius 3 is 2.75 bits per heavy atom. The van der Waals surface area contributed by atoms with E-state index in [1.54, 1.807) is 17.8 Å². The largest absolute Gasteiger partial charge is 0.481 e.